The van der Waals surface area contributed by atoms with Crippen LogP contribution >= 0.6 is 0 Å². The predicted molar refractivity (Wildman–Crippen MR) is 132 cm³/mol. The molecular formula is C27H56O2. The van der Waals surface area contributed by atoms with E-state index in [2.05, 4.69) is 89.0 Å². The minimum absolute atomic E-state index is 0.358. The molecule has 0 amide bonds. The van der Waals surface area contributed by atoms with E-state index in [0.29, 0.717) is 27.6 Å². The second-order valence-electron chi connectivity index (χ2n) is 12.5. The lowest BCUT2D eigenvalue weighted by molar-refractivity contribution is -0.265. The summed E-state index contributed by atoms with van der Waals surface area (Å²) in [5.74, 6) is 0.158. The van der Waals surface area contributed by atoms with Crippen molar-refractivity contribution in [3.8, 4) is 12.8 Å². The monoisotopic (exact) mass is 412 g/mol. The number of hydrogen-bond acceptors (Lipinski definition) is 2. The fourth-order valence-electron chi connectivity index (χ4n) is 3.13. The highest BCUT2D eigenvalue weighted by Crippen LogP contribution is 2.39. The number of terminal acetylenes is 1. The van der Waals surface area contributed by atoms with E-state index >= 15 is 0 Å². The molecule has 2 nitrogen and oxygen atoms in total. The minimum Gasteiger partial charge on any atom is -0.350 e. The summed E-state index contributed by atoms with van der Waals surface area (Å²) >= 11 is 0. The highest BCUT2D eigenvalue weighted by Gasteiger charge is 2.33. The zero-order chi connectivity index (χ0) is 24.3. The molecule has 0 N–H and O–H groups in total. The summed E-state index contributed by atoms with van der Waals surface area (Å²) in [7, 11) is 0. The third-order valence-electron chi connectivity index (χ3n) is 5.43. The average molecular weight is 413 g/mol. The second kappa shape index (κ2) is 13.0. The van der Waals surface area contributed by atoms with Gasteiger partial charge in [0.1, 0.15) is 0 Å². The molecule has 0 aromatic rings. The molecule has 0 atom stereocenters. The van der Waals surface area contributed by atoms with Crippen molar-refractivity contribution in [3.63, 3.8) is 0 Å². The summed E-state index contributed by atoms with van der Waals surface area (Å²) in [6.07, 6.45) is 10.4. The first kappa shape index (κ1) is 33.1. The molecule has 1 fully saturated rings. The van der Waals surface area contributed by atoms with Crippen molar-refractivity contribution in [2.45, 2.75) is 122 Å². The van der Waals surface area contributed by atoms with Crippen LogP contribution in [0, 0.1) is 40.4 Å². The first-order valence-corrected chi connectivity index (χ1v) is 11.4. The van der Waals surface area contributed by atoms with E-state index in [-0.39, 0.29) is 5.79 Å². The summed E-state index contributed by atoms with van der Waals surface area (Å²) in [6, 6.07) is 0. The highest BCUT2D eigenvalue weighted by atomic mass is 16.7. The first-order chi connectivity index (χ1) is 12.7. The van der Waals surface area contributed by atoms with Gasteiger partial charge in [-0.25, -0.2) is 0 Å². The van der Waals surface area contributed by atoms with Crippen molar-refractivity contribution in [3.05, 3.63) is 0 Å². The zero-order valence-corrected chi connectivity index (χ0v) is 22.9. The molecular weight excluding hydrogens is 356 g/mol. The van der Waals surface area contributed by atoms with Gasteiger partial charge in [-0.05, 0) is 48.3 Å². The Morgan fingerprint density at radius 1 is 0.724 bits per heavy atom. The lowest BCUT2D eigenvalue weighted by Crippen LogP contribution is -2.41. The molecule has 1 saturated heterocycles. The van der Waals surface area contributed by atoms with Crippen LogP contribution in [0.1, 0.15) is 117 Å². The van der Waals surface area contributed by atoms with E-state index in [1.54, 1.807) is 0 Å². The summed E-state index contributed by atoms with van der Waals surface area (Å²) in [5.41, 5.74) is 1.62. The maximum Gasteiger partial charge on any atom is 0.162 e. The van der Waals surface area contributed by atoms with E-state index in [1.807, 2.05) is 27.7 Å². The van der Waals surface area contributed by atoms with Crippen LogP contribution in [0.15, 0.2) is 0 Å². The smallest absolute Gasteiger partial charge is 0.162 e. The Bertz CT molecular complexity index is 400. The van der Waals surface area contributed by atoms with Crippen molar-refractivity contribution in [2.24, 2.45) is 27.6 Å². The molecule has 0 aromatic heterocycles. The van der Waals surface area contributed by atoms with Gasteiger partial charge in [0.25, 0.3) is 0 Å². The second-order valence-corrected chi connectivity index (χ2v) is 12.5. The Hall–Kier alpha value is -0.520. The number of hydrogen-bond donors (Lipinski definition) is 0. The van der Waals surface area contributed by atoms with Crippen LogP contribution in [0.3, 0.4) is 0 Å². The maximum absolute atomic E-state index is 5.73. The Kier molecular flexibility index (Phi) is 14.9. The fourth-order valence-corrected chi connectivity index (χ4v) is 3.13. The quantitative estimate of drug-likeness (QED) is 0.432. The zero-order valence-electron chi connectivity index (χ0n) is 22.9. The van der Waals surface area contributed by atoms with Crippen molar-refractivity contribution in [1.82, 2.24) is 0 Å². The SMILES string of the molecule is C#C.CC.CC(C)(C)C(C)(C)C.CC(C)(C)CC(C)(C)CC1COC(C)(C)OC1. The molecule has 176 valence electrons. The van der Waals surface area contributed by atoms with Crippen LogP contribution in [0.4, 0.5) is 0 Å². The standard InChI is InChI=1S/C15H30O2.C8H18.C2H6.C2H2/c1-13(2,3)11-14(4,5)8-12-9-16-15(6,7)17-10-12;1-7(2,3)8(4,5)6;2*1-2/h12H,8-11H2,1-7H3;1-6H3;1-2H3;1-2H. The number of ether oxygens (including phenoxy) is 2. The summed E-state index contributed by atoms with van der Waals surface area (Å²) in [4.78, 5) is 0. The molecule has 0 aromatic carbocycles. The van der Waals surface area contributed by atoms with E-state index in [4.69, 9.17) is 9.47 Å². The van der Waals surface area contributed by atoms with Gasteiger partial charge in [0, 0.05) is 5.92 Å². The molecule has 0 aliphatic carbocycles. The van der Waals surface area contributed by atoms with Crippen molar-refractivity contribution >= 4 is 0 Å². The van der Waals surface area contributed by atoms with Crippen LogP contribution in [0.5, 0.6) is 0 Å². The Labute approximate surface area is 185 Å². The largest absolute Gasteiger partial charge is 0.350 e. The molecule has 1 aliphatic heterocycles. The van der Waals surface area contributed by atoms with E-state index in [1.165, 1.54) is 12.8 Å². The van der Waals surface area contributed by atoms with Gasteiger partial charge in [0.05, 0.1) is 13.2 Å². The lowest BCUT2D eigenvalue weighted by atomic mass is 9.71. The summed E-state index contributed by atoms with van der Waals surface area (Å²) < 4.78 is 11.5. The van der Waals surface area contributed by atoms with Crippen LogP contribution in [0.25, 0.3) is 0 Å². The lowest BCUT2D eigenvalue weighted by Gasteiger charge is -2.40. The van der Waals surface area contributed by atoms with Crippen LogP contribution in [-0.2, 0) is 9.47 Å². The highest BCUT2D eigenvalue weighted by molar-refractivity contribution is 4.81. The molecule has 1 rings (SSSR count). The first-order valence-electron chi connectivity index (χ1n) is 11.4. The maximum atomic E-state index is 5.73. The third kappa shape index (κ3) is 18.0. The molecule has 0 unspecified atom stereocenters. The third-order valence-corrected chi connectivity index (χ3v) is 5.43. The summed E-state index contributed by atoms with van der Waals surface area (Å²) in [6.45, 7) is 34.9. The fraction of sp³-hybridized carbons (Fsp3) is 0.926. The molecule has 0 radical (unpaired) electrons. The number of rotatable bonds is 3. The average Bonchev–Trinajstić information content (AvgIpc) is 2.49. The molecule has 1 aliphatic rings. The Morgan fingerprint density at radius 3 is 1.28 bits per heavy atom. The predicted octanol–water partition coefficient (Wildman–Crippen LogP) is 8.59. The van der Waals surface area contributed by atoms with Gasteiger partial charge in [0.2, 0.25) is 0 Å². The molecule has 0 bridgehead atoms. The van der Waals surface area contributed by atoms with Gasteiger partial charge in [-0.1, -0.05) is 90.0 Å². The van der Waals surface area contributed by atoms with Gasteiger partial charge < -0.3 is 9.47 Å². The van der Waals surface area contributed by atoms with E-state index in [0.717, 1.165) is 13.2 Å². The van der Waals surface area contributed by atoms with Gasteiger partial charge in [-0.15, -0.1) is 12.8 Å². The molecule has 29 heavy (non-hydrogen) atoms. The van der Waals surface area contributed by atoms with Crippen molar-refractivity contribution in [2.75, 3.05) is 13.2 Å². The molecule has 0 saturated carbocycles. The topological polar surface area (TPSA) is 18.5 Å². The molecule has 1 heterocycles. The Balaban J connectivity index is -0.000000474. The summed E-state index contributed by atoms with van der Waals surface area (Å²) in [5, 5.41) is 0. The van der Waals surface area contributed by atoms with Crippen LogP contribution in [-0.4, -0.2) is 19.0 Å². The van der Waals surface area contributed by atoms with Gasteiger partial charge in [0.15, 0.2) is 5.79 Å². The van der Waals surface area contributed by atoms with Crippen molar-refractivity contribution < 1.29 is 9.47 Å². The van der Waals surface area contributed by atoms with Gasteiger partial charge in [-0.2, -0.15) is 0 Å². The molecule has 2 heteroatoms. The van der Waals surface area contributed by atoms with Crippen molar-refractivity contribution in [1.29, 1.82) is 0 Å². The minimum atomic E-state index is -0.384. The van der Waals surface area contributed by atoms with E-state index < -0.39 is 0 Å². The van der Waals surface area contributed by atoms with Gasteiger partial charge >= 0.3 is 0 Å². The normalized spacial score (nSPS) is 17.6. The van der Waals surface area contributed by atoms with Crippen LogP contribution < -0.4 is 0 Å². The molecule has 0 spiro atoms. The van der Waals surface area contributed by atoms with Gasteiger partial charge in [-0.3, -0.25) is 0 Å². The van der Waals surface area contributed by atoms with E-state index in [9.17, 15) is 0 Å². The Morgan fingerprint density at radius 2 is 1.03 bits per heavy atom. The van der Waals surface area contributed by atoms with Crippen LogP contribution in [0.2, 0.25) is 0 Å².